The van der Waals surface area contributed by atoms with Crippen molar-refractivity contribution in [2.45, 2.75) is 33.7 Å². The zero-order valence-electron chi connectivity index (χ0n) is 12.8. The molecule has 0 atom stereocenters. The minimum absolute atomic E-state index is 0.331. The first-order valence-corrected chi connectivity index (χ1v) is 6.97. The Bertz CT molecular complexity index is 569. The van der Waals surface area contributed by atoms with Crippen LogP contribution in [0.3, 0.4) is 0 Å². The van der Waals surface area contributed by atoms with Gasteiger partial charge in [-0.25, -0.2) is 15.0 Å². The lowest BCUT2D eigenvalue weighted by atomic mass is 9.96. The van der Waals surface area contributed by atoms with E-state index in [0.29, 0.717) is 16.7 Å². The van der Waals surface area contributed by atoms with Gasteiger partial charge in [-0.1, -0.05) is 20.8 Å². The molecular weight excluding hydrogens is 252 g/mol. The highest BCUT2D eigenvalue weighted by Gasteiger charge is 2.13. The van der Waals surface area contributed by atoms with E-state index in [-0.39, 0.29) is 0 Å². The second-order valence-electron chi connectivity index (χ2n) is 6.52. The van der Waals surface area contributed by atoms with Crippen LogP contribution in [-0.4, -0.2) is 44.6 Å². The average Bonchev–Trinajstić information content (AvgIpc) is 2.72. The third-order valence-electron chi connectivity index (χ3n) is 3.11. The van der Waals surface area contributed by atoms with Crippen LogP contribution in [0, 0.1) is 5.41 Å². The van der Waals surface area contributed by atoms with Gasteiger partial charge < -0.3 is 15.2 Å². The Balaban J connectivity index is 1.92. The van der Waals surface area contributed by atoms with Gasteiger partial charge in [-0.2, -0.15) is 0 Å². The van der Waals surface area contributed by atoms with Crippen molar-refractivity contribution >= 4 is 17.0 Å². The largest absolute Gasteiger partial charge is 0.382 e. The van der Waals surface area contributed by atoms with E-state index in [4.69, 9.17) is 5.73 Å². The maximum atomic E-state index is 5.78. The zero-order valence-corrected chi connectivity index (χ0v) is 12.8. The van der Waals surface area contributed by atoms with E-state index in [1.165, 1.54) is 6.33 Å². The molecule has 0 saturated heterocycles. The third kappa shape index (κ3) is 3.66. The highest BCUT2D eigenvalue weighted by atomic mass is 15.1. The molecule has 0 aliphatic rings. The molecule has 6 nitrogen and oxygen atoms in total. The summed E-state index contributed by atoms with van der Waals surface area (Å²) in [5, 5.41) is 0. The summed E-state index contributed by atoms with van der Waals surface area (Å²) in [6.45, 7) is 9.80. The first kappa shape index (κ1) is 14.7. The molecule has 0 amide bonds. The van der Waals surface area contributed by atoms with E-state index in [0.717, 1.165) is 31.7 Å². The highest BCUT2D eigenvalue weighted by molar-refractivity contribution is 5.80. The van der Waals surface area contributed by atoms with Gasteiger partial charge in [0.15, 0.2) is 11.5 Å². The third-order valence-corrected chi connectivity index (χ3v) is 3.11. The van der Waals surface area contributed by atoms with Crippen molar-refractivity contribution in [1.82, 2.24) is 24.4 Å². The van der Waals surface area contributed by atoms with Crippen LogP contribution >= 0.6 is 0 Å². The molecule has 0 aliphatic heterocycles. The van der Waals surface area contributed by atoms with E-state index in [9.17, 15) is 0 Å². The molecule has 0 aromatic carbocycles. The molecule has 0 bridgehead atoms. The van der Waals surface area contributed by atoms with E-state index in [2.05, 4.69) is 47.7 Å². The first-order valence-electron chi connectivity index (χ1n) is 6.97. The summed E-state index contributed by atoms with van der Waals surface area (Å²) in [4.78, 5) is 14.8. The zero-order chi connectivity index (χ0) is 14.8. The van der Waals surface area contributed by atoms with Crippen LogP contribution in [0.2, 0.25) is 0 Å². The van der Waals surface area contributed by atoms with Gasteiger partial charge >= 0.3 is 0 Å². The van der Waals surface area contributed by atoms with Crippen LogP contribution in [-0.2, 0) is 6.54 Å². The first-order chi connectivity index (χ1) is 9.37. The van der Waals surface area contributed by atoms with Gasteiger partial charge in [0.05, 0.1) is 6.33 Å². The Morgan fingerprint density at radius 2 is 2.00 bits per heavy atom. The van der Waals surface area contributed by atoms with Crippen LogP contribution < -0.4 is 5.73 Å². The van der Waals surface area contributed by atoms with Gasteiger partial charge in [0.25, 0.3) is 0 Å². The average molecular weight is 276 g/mol. The van der Waals surface area contributed by atoms with Crippen LogP contribution in [0.4, 0.5) is 5.82 Å². The molecule has 110 valence electrons. The molecule has 6 heteroatoms. The van der Waals surface area contributed by atoms with E-state index >= 15 is 0 Å². The number of nitrogens with two attached hydrogens (primary N) is 1. The lowest BCUT2D eigenvalue weighted by Crippen LogP contribution is -2.30. The Hall–Kier alpha value is -1.69. The number of imidazole rings is 1. The van der Waals surface area contributed by atoms with Crippen molar-refractivity contribution in [3.05, 3.63) is 12.7 Å². The van der Waals surface area contributed by atoms with Crippen molar-refractivity contribution in [2.24, 2.45) is 5.41 Å². The number of nitrogen functional groups attached to an aromatic ring is 1. The highest BCUT2D eigenvalue weighted by Crippen LogP contribution is 2.16. The number of rotatable bonds is 5. The van der Waals surface area contributed by atoms with Gasteiger partial charge in [0.2, 0.25) is 0 Å². The molecule has 0 radical (unpaired) electrons. The number of hydrogen-bond acceptors (Lipinski definition) is 5. The van der Waals surface area contributed by atoms with E-state index in [1.54, 1.807) is 6.33 Å². The molecule has 2 aromatic rings. The molecular formula is C14H24N6. The second-order valence-corrected chi connectivity index (χ2v) is 6.52. The fourth-order valence-electron chi connectivity index (χ4n) is 2.46. The van der Waals surface area contributed by atoms with Crippen molar-refractivity contribution < 1.29 is 0 Å². The second kappa shape index (κ2) is 5.75. The molecule has 0 unspecified atom stereocenters. The fraction of sp³-hybridized carbons (Fsp3) is 0.643. The number of nitrogens with zero attached hydrogens (tertiary/aromatic N) is 5. The number of anilines is 1. The summed E-state index contributed by atoms with van der Waals surface area (Å²) in [5.41, 5.74) is 7.62. The molecule has 0 spiro atoms. The van der Waals surface area contributed by atoms with Gasteiger partial charge in [0.1, 0.15) is 11.8 Å². The lowest BCUT2D eigenvalue weighted by Gasteiger charge is -2.26. The smallest absolute Gasteiger partial charge is 0.165 e. The molecule has 20 heavy (non-hydrogen) atoms. The Labute approximate surface area is 120 Å². The summed E-state index contributed by atoms with van der Waals surface area (Å²) < 4.78 is 2.04. The molecule has 2 heterocycles. The summed E-state index contributed by atoms with van der Waals surface area (Å²) in [6.07, 6.45) is 4.34. The predicted octanol–water partition coefficient (Wildman–Crippen LogP) is 1.78. The van der Waals surface area contributed by atoms with Crippen LogP contribution in [0.5, 0.6) is 0 Å². The summed E-state index contributed by atoms with van der Waals surface area (Å²) in [7, 11) is 2.16. The van der Waals surface area contributed by atoms with E-state index < -0.39 is 0 Å². The molecule has 0 aliphatic carbocycles. The normalized spacial score (nSPS) is 12.4. The monoisotopic (exact) mass is 276 g/mol. The quantitative estimate of drug-likeness (QED) is 0.901. The Kier molecular flexibility index (Phi) is 4.23. The van der Waals surface area contributed by atoms with Crippen molar-refractivity contribution in [3.63, 3.8) is 0 Å². The van der Waals surface area contributed by atoms with Crippen molar-refractivity contribution in [3.8, 4) is 0 Å². The topological polar surface area (TPSA) is 72.9 Å². The Morgan fingerprint density at radius 1 is 1.25 bits per heavy atom. The van der Waals surface area contributed by atoms with Crippen LogP contribution in [0.25, 0.3) is 11.2 Å². The lowest BCUT2D eigenvalue weighted by molar-refractivity contribution is 0.222. The van der Waals surface area contributed by atoms with Crippen LogP contribution in [0.1, 0.15) is 27.2 Å². The van der Waals surface area contributed by atoms with Gasteiger partial charge in [-0.15, -0.1) is 0 Å². The number of aryl methyl sites for hydroxylation is 1. The maximum absolute atomic E-state index is 5.78. The summed E-state index contributed by atoms with van der Waals surface area (Å²) in [6, 6.07) is 0. The van der Waals surface area contributed by atoms with Crippen molar-refractivity contribution in [1.29, 1.82) is 0 Å². The van der Waals surface area contributed by atoms with Gasteiger partial charge in [-0.3, -0.25) is 0 Å². The minimum Gasteiger partial charge on any atom is -0.382 e. The summed E-state index contributed by atoms with van der Waals surface area (Å²) in [5.74, 6) is 0.443. The molecule has 2 aromatic heterocycles. The fourth-order valence-corrected chi connectivity index (χ4v) is 2.46. The standard InChI is InChI=1S/C14H24N6/c1-14(2,3)8-19(4)6-5-7-20-10-18-11-12(15)16-9-17-13(11)20/h9-10H,5-8H2,1-4H3,(H2,15,16,17). The Morgan fingerprint density at radius 3 is 2.70 bits per heavy atom. The number of hydrogen-bond donors (Lipinski definition) is 1. The molecule has 0 fully saturated rings. The van der Waals surface area contributed by atoms with Crippen LogP contribution in [0.15, 0.2) is 12.7 Å². The van der Waals surface area contributed by atoms with Gasteiger partial charge in [-0.05, 0) is 25.4 Å². The van der Waals surface area contributed by atoms with Gasteiger partial charge in [0, 0.05) is 13.1 Å². The minimum atomic E-state index is 0.331. The maximum Gasteiger partial charge on any atom is 0.165 e. The van der Waals surface area contributed by atoms with Crippen molar-refractivity contribution in [2.75, 3.05) is 25.9 Å². The summed E-state index contributed by atoms with van der Waals surface area (Å²) >= 11 is 0. The molecule has 0 saturated carbocycles. The SMILES string of the molecule is CN(CCCn1cnc2c(N)ncnc21)CC(C)(C)C. The predicted molar refractivity (Wildman–Crippen MR) is 81.3 cm³/mol. The number of aromatic nitrogens is 4. The number of fused-ring (bicyclic) bond motifs is 1. The molecule has 2 rings (SSSR count). The molecule has 2 N–H and O–H groups in total. The van der Waals surface area contributed by atoms with E-state index in [1.807, 2.05) is 4.57 Å².